The number of benzene rings is 3. The van der Waals surface area contributed by atoms with Crippen molar-refractivity contribution in [3.8, 4) is 0 Å². The van der Waals surface area contributed by atoms with Gasteiger partial charge in [-0.2, -0.15) is 0 Å². The number of para-hydroxylation sites is 2. The van der Waals surface area contributed by atoms with E-state index in [1.54, 1.807) is 36.4 Å². The highest BCUT2D eigenvalue weighted by atomic mass is 35.5. The summed E-state index contributed by atoms with van der Waals surface area (Å²) in [6.45, 7) is 0. The molecule has 0 aliphatic carbocycles. The van der Waals surface area contributed by atoms with Crippen LogP contribution < -0.4 is 5.73 Å². The molecule has 4 rings (SSSR count). The topological polar surface area (TPSA) is 92.0 Å². The number of nitrogens with two attached hydrogens (primary N) is 1. The Labute approximate surface area is 176 Å². The fourth-order valence-electron chi connectivity index (χ4n) is 3.06. The molecule has 0 aliphatic heterocycles. The molecule has 0 bridgehead atoms. The van der Waals surface area contributed by atoms with Gasteiger partial charge in [0, 0.05) is 22.9 Å². The van der Waals surface area contributed by atoms with Crippen molar-refractivity contribution in [1.29, 1.82) is 0 Å². The van der Waals surface area contributed by atoms with E-state index < -0.39 is 23.2 Å². The molecule has 0 unspecified atom stereocenters. The summed E-state index contributed by atoms with van der Waals surface area (Å²) in [5, 5.41) is 10.8. The minimum absolute atomic E-state index is 0. The summed E-state index contributed by atoms with van der Waals surface area (Å²) in [6.07, 6.45) is 0. The summed E-state index contributed by atoms with van der Waals surface area (Å²) >= 11 is 0. The van der Waals surface area contributed by atoms with Crippen molar-refractivity contribution < 1.29 is 18.7 Å². The van der Waals surface area contributed by atoms with E-state index in [0.717, 1.165) is 12.1 Å². The maximum Gasteiger partial charge on any atom is 0.200 e. The summed E-state index contributed by atoms with van der Waals surface area (Å²) in [5.41, 5.74) is 7.12. The van der Waals surface area contributed by atoms with E-state index in [-0.39, 0.29) is 34.9 Å². The smallest absolute Gasteiger partial charge is 0.200 e. The van der Waals surface area contributed by atoms with Crippen molar-refractivity contribution in [2.75, 3.05) is 5.73 Å². The van der Waals surface area contributed by atoms with Gasteiger partial charge in [-0.1, -0.05) is 24.3 Å². The second-order valence-electron chi connectivity index (χ2n) is 6.44. The molecule has 0 saturated heterocycles. The average molecular weight is 428 g/mol. The third-order valence-electron chi connectivity index (χ3n) is 4.37. The van der Waals surface area contributed by atoms with E-state index in [1.165, 1.54) is 12.1 Å². The number of aliphatic hydroxyl groups is 1. The molecular weight excluding hydrogens is 412 g/mol. The lowest BCUT2D eigenvalue weighted by Crippen LogP contribution is -2.08. The van der Waals surface area contributed by atoms with Crippen molar-refractivity contribution in [2.24, 2.45) is 0 Å². The molecule has 152 valence electrons. The van der Waals surface area contributed by atoms with Crippen LogP contribution in [0.25, 0.3) is 22.4 Å². The zero-order valence-corrected chi connectivity index (χ0v) is 16.2. The van der Waals surface area contributed by atoms with Crippen LogP contribution in [0.1, 0.15) is 21.7 Å². The first-order valence-electron chi connectivity index (χ1n) is 8.67. The number of hydrogen-bond donors (Lipinski definition) is 3. The van der Waals surface area contributed by atoms with Gasteiger partial charge in [0.25, 0.3) is 0 Å². The summed E-state index contributed by atoms with van der Waals surface area (Å²) < 4.78 is 27.4. The van der Waals surface area contributed by atoms with Crippen molar-refractivity contribution in [2.45, 2.75) is 0 Å². The summed E-state index contributed by atoms with van der Waals surface area (Å²) in [4.78, 5) is 20.6. The summed E-state index contributed by atoms with van der Waals surface area (Å²) in [6, 6.07) is 15.8. The number of allylic oxidation sites excluding steroid dienone is 1. The molecule has 0 aliphatic rings. The van der Waals surface area contributed by atoms with E-state index >= 15 is 0 Å². The normalized spacial score (nSPS) is 11.7. The van der Waals surface area contributed by atoms with E-state index in [9.17, 15) is 18.7 Å². The Kier molecular flexibility index (Phi) is 5.84. The fraction of sp³-hybridized carbons (Fsp3) is 0. The summed E-state index contributed by atoms with van der Waals surface area (Å²) in [7, 11) is 0. The van der Waals surface area contributed by atoms with Crippen LogP contribution >= 0.6 is 12.4 Å². The number of Topliss-reactive ketones (excluding diaryl/α,β-unsaturated/α-hetero) is 1. The number of nitrogen functional groups attached to an aromatic ring is 1. The predicted molar refractivity (Wildman–Crippen MR) is 114 cm³/mol. The van der Waals surface area contributed by atoms with Gasteiger partial charge in [0.2, 0.25) is 5.78 Å². The Morgan fingerprint density at radius 2 is 1.63 bits per heavy atom. The van der Waals surface area contributed by atoms with Gasteiger partial charge in [0.1, 0.15) is 28.8 Å². The first-order valence-corrected chi connectivity index (χ1v) is 8.67. The third kappa shape index (κ3) is 4.01. The molecule has 4 aromatic rings. The molecule has 0 atom stereocenters. The van der Waals surface area contributed by atoms with Crippen LogP contribution in [0, 0.1) is 11.6 Å². The first-order chi connectivity index (χ1) is 13.9. The molecule has 4 N–H and O–H groups in total. The summed E-state index contributed by atoms with van der Waals surface area (Å²) in [5.74, 6) is -2.90. The standard InChI is InChI=1S/C22H15F2N3O2.ClH/c23-14-8-13(9-15(24)11-14)21(29)19(20(28)12-4-3-5-16(25)10-12)22-26-17-6-1-2-7-18(17)27-22;/h1-11,29H,25H2,(H,26,27);1H. The van der Waals surface area contributed by atoms with Crippen LogP contribution in [-0.4, -0.2) is 20.9 Å². The lowest BCUT2D eigenvalue weighted by molar-refractivity contribution is 0.105. The molecule has 0 fully saturated rings. The number of halogens is 3. The number of anilines is 1. The molecular formula is C22H16ClF2N3O2. The highest BCUT2D eigenvalue weighted by molar-refractivity contribution is 6.33. The lowest BCUT2D eigenvalue weighted by atomic mass is 9.98. The number of ketones is 1. The minimum Gasteiger partial charge on any atom is -0.506 e. The van der Waals surface area contributed by atoms with Crippen molar-refractivity contribution in [1.82, 2.24) is 9.97 Å². The second-order valence-corrected chi connectivity index (χ2v) is 6.44. The quantitative estimate of drug-likeness (QED) is 0.182. The highest BCUT2D eigenvalue weighted by Gasteiger charge is 2.24. The zero-order chi connectivity index (χ0) is 20.5. The molecule has 0 amide bonds. The van der Waals surface area contributed by atoms with E-state index in [1.807, 2.05) is 0 Å². The van der Waals surface area contributed by atoms with Gasteiger partial charge in [-0.3, -0.25) is 4.79 Å². The van der Waals surface area contributed by atoms with Gasteiger partial charge in [0.15, 0.2) is 0 Å². The van der Waals surface area contributed by atoms with E-state index in [2.05, 4.69) is 9.97 Å². The van der Waals surface area contributed by atoms with Crippen LogP contribution in [0.3, 0.4) is 0 Å². The molecule has 1 heterocycles. The van der Waals surface area contributed by atoms with Crippen molar-refractivity contribution >= 4 is 46.2 Å². The lowest BCUT2D eigenvalue weighted by Gasteiger charge is -2.10. The van der Waals surface area contributed by atoms with Gasteiger partial charge >= 0.3 is 0 Å². The first kappa shape index (κ1) is 21.0. The Bertz CT molecular complexity index is 1230. The predicted octanol–water partition coefficient (Wildman–Crippen LogP) is 5.15. The average Bonchev–Trinajstić information content (AvgIpc) is 3.10. The maximum atomic E-state index is 13.7. The fourth-order valence-corrected chi connectivity index (χ4v) is 3.06. The van der Waals surface area contributed by atoms with Gasteiger partial charge in [-0.15, -0.1) is 12.4 Å². The Morgan fingerprint density at radius 1 is 0.933 bits per heavy atom. The number of H-pyrrole nitrogens is 1. The van der Waals surface area contributed by atoms with Gasteiger partial charge in [-0.05, 0) is 36.4 Å². The molecule has 0 spiro atoms. The molecule has 8 heteroatoms. The monoisotopic (exact) mass is 427 g/mol. The SMILES string of the molecule is Cl.Nc1cccc(C(=O)C(=C(O)c2cc(F)cc(F)c2)c2nc3ccccc3[nH]2)c1. The number of nitrogens with zero attached hydrogens (tertiary/aromatic N) is 1. The zero-order valence-electron chi connectivity index (χ0n) is 15.4. The maximum absolute atomic E-state index is 13.7. The molecule has 0 radical (unpaired) electrons. The number of aliphatic hydroxyl groups excluding tert-OH is 1. The van der Waals surface area contributed by atoms with Crippen LogP contribution in [0.4, 0.5) is 14.5 Å². The number of imidazole rings is 1. The number of hydrogen-bond acceptors (Lipinski definition) is 4. The Hall–Kier alpha value is -3.71. The van der Waals surface area contributed by atoms with Crippen molar-refractivity contribution in [3.63, 3.8) is 0 Å². The molecule has 5 nitrogen and oxygen atoms in total. The highest BCUT2D eigenvalue weighted by Crippen LogP contribution is 2.29. The third-order valence-corrected chi connectivity index (χ3v) is 4.37. The van der Waals surface area contributed by atoms with Gasteiger partial charge in [0.05, 0.1) is 11.0 Å². The molecule has 0 saturated carbocycles. The number of carbonyl (C=O) groups excluding carboxylic acids is 1. The number of rotatable bonds is 4. The van der Waals surface area contributed by atoms with Crippen LogP contribution in [0.5, 0.6) is 0 Å². The number of aromatic amines is 1. The number of carbonyl (C=O) groups is 1. The molecule has 30 heavy (non-hydrogen) atoms. The van der Waals surface area contributed by atoms with Gasteiger partial charge in [-0.25, -0.2) is 13.8 Å². The Morgan fingerprint density at radius 3 is 2.30 bits per heavy atom. The van der Waals surface area contributed by atoms with Crippen LogP contribution in [-0.2, 0) is 0 Å². The Balaban J connectivity index is 0.00000256. The number of nitrogens with one attached hydrogen (secondary N) is 1. The van der Waals surface area contributed by atoms with Crippen molar-refractivity contribution in [3.05, 3.63) is 95.3 Å². The van der Waals surface area contributed by atoms with E-state index in [0.29, 0.717) is 22.8 Å². The second kappa shape index (κ2) is 8.34. The number of fused-ring (bicyclic) bond motifs is 1. The minimum atomic E-state index is -0.882. The number of aromatic nitrogens is 2. The van der Waals surface area contributed by atoms with Crippen LogP contribution in [0.15, 0.2) is 66.7 Å². The molecule has 1 aromatic heterocycles. The molecule has 3 aromatic carbocycles. The van der Waals surface area contributed by atoms with Gasteiger partial charge < -0.3 is 15.8 Å². The van der Waals surface area contributed by atoms with E-state index in [4.69, 9.17) is 5.73 Å². The van der Waals surface area contributed by atoms with Crippen LogP contribution in [0.2, 0.25) is 0 Å². The largest absolute Gasteiger partial charge is 0.506 e.